The highest BCUT2D eigenvalue weighted by Gasteiger charge is 2.30. The van der Waals surface area contributed by atoms with Crippen LogP contribution in [0.15, 0.2) is 193 Å². The first-order chi connectivity index (χ1) is 50.0. The van der Waals surface area contributed by atoms with Gasteiger partial charge in [-0.1, -0.05) is 40.0 Å². The molecule has 6 N–H and O–H groups in total. The number of nitrogens with two attached hydrogens (primary N) is 1. The minimum absolute atomic E-state index is 0.124. The summed E-state index contributed by atoms with van der Waals surface area (Å²) in [5, 5.41) is 15.8. The molecule has 103 heavy (non-hydrogen) atoms. The van der Waals surface area contributed by atoms with Gasteiger partial charge in [0, 0.05) is 206 Å². The van der Waals surface area contributed by atoms with Crippen molar-refractivity contribution in [1.82, 2.24) is 78.1 Å². The molecule has 0 saturated carbocycles. The van der Waals surface area contributed by atoms with Crippen molar-refractivity contribution in [1.29, 1.82) is 0 Å². The Kier molecular flexibility index (Phi) is 28.8. The Balaban J connectivity index is 0.000000139. The Morgan fingerprint density at radius 1 is 0.573 bits per heavy atom. The van der Waals surface area contributed by atoms with Gasteiger partial charge in [0.15, 0.2) is 12.1 Å². The maximum absolute atomic E-state index is 12.1. The van der Waals surface area contributed by atoms with E-state index in [0.29, 0.717) is 73.6 Å². The highest BCUT2D eigenvalue weighted by Crippen LogP contribution is 2.29. The Bertz CT molecular complexity index is 4920. The number of pyridine rings is 7. The van der Waals surface area contributed by atoms with Crippen molar-refractivity contribution < 1.29 is 29.1 Å². The Morgan fingerprint density at radius 2 is 1.09 bits per heavy atom. The number of nitrogens with one attached hydrogen (secondary N) is 3. The molecular weight excluding hydrogens is 1430 g/mol. The van der Waals surface area contributed by atoms with Gasteiger partial charge >= 0.3 is 5.97 Å². The van der Waals surface area contributed by atoms with Crippen LogP contribution in [0.4, 0.5) is 0 Å². The van der Waals surface area contributed by atoms with Crippen molar-refractivity contribution in [2.75, 3.05) is 26.2 Å². The van der Waals surface area contributed by atoms with E-state index in [-0.39, 0.29) is 5.97 Å². The number of H-pyrrole nitrogens is 3. The monoisotopic (exact) mass is 1520 g/mol. The molecule has 3 atom stereocenters. The summed E-state index contributed by atoms with van der Waals surface area (Å²) in [4.78, 5) is 88.1. The van der Waals surface area contributed by atoms with Gasteiger partial charge in [0.1, 0.15) is 33.9 Å². The number of aromatic nitrogens is 14. The fraction of sp³-hybridized carbons (Fsp3) is 0.321. The number of likely N-dealkylation sites (tertiary alicyclic amines) is 2. The molecule has 3 unspecified atom stereocenters. The van der Waals surface area contributed by atoms with E-state index in [1.165, 1.54) is 11.1 Å². The van der Waals surface area contributed by atoms with Crippen LogP contribution in [-0.2, 0) is 53.4 Å². The molecule has 4 aliphatic rings. The fourth-order valence-electron chi connectivity index (χ4n) is 12.5. The highest BCUT2D eigenvalue weighted by atomic mass is 79.9. The molecule has 2 amide bonds. The maximum atomic E-state index is 12.1. The average molecular weight is 1520 g/mol. The third-order valence-electron chi connectivity index (χ3n) is 17.7. The number of aryl methyl sites for hydroxylation is 3. The number of aromatic amines is 3. The average Bonchev–Trinajstić information content (AvgIpc) is 1.69. The number of amides is 2. The number of aldehydes is 1. The molecule has 23 nitrogen and oxygen atoms in total. The van der Waals surface area contributed by atoms with Gasteiger partial charge < -0.3 is 54.1 Å². The van der Waals surface area contributed by atoms with Gasteiger partial charge in [-0.2, -0.15) is 4.73 Å². The minimum Gasteiger partial charge on any atom is -0.466 e. The molecular formula is C78H91Br2N17O6. The van der Waals surface area contributed by atoms with Crippen LogP contribution < -0.4 is 5.73 Å². The maximum Gasteiger partial charge on any atom is 0.306 e. The summed E-state index contributed by atoms with van der Waals surface area (Å²) < 4.78 is 13.9. The number of nitrogens with zero attached hydrogens (tertiary/aromatic N) is 13. The van der Waals surface area contributed by atoms with Gasteiger partial charge in [0.25, 0.3) is 0 Å². The number of rotatable bonds is 15. The zero-order chi connectivity index (χ0) is 73.2. The SMILES string of the molecule is Brc1ccnc2[nH]ccc12.CCCC(CN)CC(=O)OCC.CCCC1CC(=O)N(Cc2ccnc3[nH]ccc23)C1.CCCC1CC(=O)N(Cc2ccnc3c2ccn3C)C1.Cn1ccc2c(Br)ccnc21.Cn1ccc2c(C=O)ccnc21.On1cccc2ccnc1-2.c1cnc2[nH]ccc2c1. The minimum atomic E-state index is -0.124. The third-order valence-corrected chi connectivity index (χ3v) is 19.1. The smallest absolute Gasteiger partial charge is 0.306 e. The Morgan fingerprint density at radius 3 is 1.67 bits per heavy atom. The van der Waals surface area contributed by atoms with E-state index in [1.807, 2.05) is 174 Å². The van der Waals surface area contributed by atoms with Crippen LogP contribution >= 0.6 is 31.9 Å². The molecule has 0 radical (unpaired) electrons. The van der Waals surface area contributed by atoms with E-state index < -0.39 is 0 Å². The second-order valence-corrected chi connectivity index (χ2v) is 26.9. The standard InChI is InChI=1S/C16H21N3O.C15H19N3O.C9H8N2O.C9H19NO2.C8H7BrN2.C7H5BrN2.C7H6N2O.C7H6N2/c1-3-4-12-9-15(20)19(10-12)11-13-5-7-17-16-14(13)6-8-18(16)2;1-2-3-11-8-14(19)18(9-11)10-12-4-6-16-15-13(12)5-7-17-15;1-11-5-3-8-7(6-12)2-4-10-9(8)11;1-3-5-8(7-10)6-9(11)12-4-2;1-11-5-3-6-7(9)2-4-10-8(6)11;8-6-2-4-10-7-5(6)1-3-9-7;10-9-5-1-2-6-3-4-8-7(6)9;1-2-6-3-5-9-7(6)8-4-1/h5-8,12H,3-4,9-11H2,1-2H3;4-7,11H,2-3,8-10H2,1H3,(H,16,17);2-6H,1H3;8H,3-7,10H2,1-2H3;2-5H,1H3;1-4H,(H,9,10);1-5,10H;1-5H,(H,8,9). The lowest BCUT2D eigenvalue weighted by Gasteiger charge is -2.17. The van der Waals surface area contributed by atoms with Gasteiger partial charge in [0.05, 0.1) is 6.61 Å². The number of fused-ring (bicyclic) bond motifs is 7. The van der Waals surface area contributed by atoms with Gasteiger partial charge in [0.2, 0.25) is 11.8 Å². The van der Waals surface area contributed by atoms with Crippen LogP contribution in [-0.4, -0.2) is 134 Å². The van der Waals surface area contributed by atoms with Crippen LogP contribution in [0.5, 0.6) is 0 Å². The first-order valence-electron chi connectivity index (χ1n) is 34.7. The first-order valence-corrected chi connectivity index (χ1v) is 36.3. The van der Waals surface area contributed by atoms with Crippen molar-refractivity contribution in [3.05, 3.63) is 209 Å². The Hall–Kier alpha value is -10.4. The molecule has 0 aromatic carbocycles. The lowest BCUT2D eigenvalue weighted by atomic mass is 10.0. The molecule has 4 aliphatic heterocycles. The van der Waals surface area contributed by atoms with Crippen molar-refractivity contribution in [3.63, 3.8) is 0 Å². The predicted molar refractivity (Wildman–Crippen MR) is 413 cm³/mol. The molecule has 538 valence electrons. The van der Waals surface area contributed by atoms with Crippen molar-refractivity contribution in [3.8, 4) is 11.4 Å². The molecule has 12 aromatic rings. The van der Waals surface area contributed by atoms with Crippen LogP contribution in [0.3, 0.4) is 0 Å². The second-order valence-electron chi connectivity index (χ2n) is 25.2. The number of halogens is 2. The van der Waals surface area contributed by atoms with Gasteiger partial charge in [-0.25, -0.2) is 34.9 Å². The molecule has 2 saturated heterocycles. The molecule has 12 aromatic heterocycles. The lowest BCUT2D eigenvalue weighted by Crippen LogP contribution is -2.24. The van der Waals surface area contributed by atoms with E-state index >= 15 is 0 Å². The number of carbonyl (C=O) groups is 4. The van der Waals surface area contributed by atoms with E-state index in [2.05, 4.69) is 109 Å². The molecule has 0 spiro atoms. The van der Waals surface area contributed by atoms with Gasteiger partial charge in [-0.05, 0) is 191 Å². The topological polar surface area (TPSA) is 288 Å². The van der Waals surface area contributed by atoms with Crippen molar-refractivity contribution >= 4 is 122 Å². The summed E-state index contributed by atoms with van der Waals surface area (Å²) in [6.45, 7) is 12.5. The van der Waals surface area contributed by atoms with Crippen molar-refractivity contribution in [2.24, 2.45) is 44.6 Å². The molecule has 16 rings (SSSR count). The number of ether oxygens (including phenoxy) is 1. The molecule has 0 aliphatic carbocycles. The highest BCUT2D eigenvalue weighted by molar-refractivity contribution is 9.11. The fourth-order valence-corrected chi connectivity index (χ4v) is 13.4. The van der Waals surface area contributed by atoms with Crippen LogP contribution in [0.25, 0.3) is 77.6 Å². The summed E-state index contributed by atoms with van der Waals surface area (Å²) in [5.74, 6) is 2.45. The van der Waals surface area contributed by atoms with Crippen LogP contribution in [0, 0.1) is 17.8 Å². The number of esters is 1. The summed E-state index contributed by atoms with van der Waals surface area (Å²) in [7, 11) is 5.89. The summed E-state index contributed by atoms with van der Waals surface area (Å²) in [6, 6.07) is 31.2. The number of hydrogen-bond donors (Lipinski definition) is 5. The lowest BCUT2D eigenvalue weighted by molar-refractivity contribution is -0.144. The molecule has 16 heterocycles. The normalized spacial score (nSPS) is 14.1. The summed E-state index contributed by atoms with van der Waals surface area (Å²) in [6.07, 6.45) is 34.9. The first kappa shape index (κ1) is 76.8. The predicted octanol–water partition coefficient (Wildman–Crippen LogP) is 15.6. The summed E-state index contributed by atoms with van der Waals surface area (Å²) >= 11 is 6.87. The van der Waals surface area contributed by atoms with Gasteiger partial charge in [-0.3, -0.25) is 19.2 Å². The summed E-state index contributed by atoms with van der Waals surface area (Å²) in [5.41, 5.74) is 15.1. The van der Waals surface area contributed by atoms with E-state index in [4.69, 9.17) is 15.7 Å². The molecule has 25 heteroatoms. The van der Waals surface area contributed by atoms with Gasteiger partial charge in [-0.15, -0.1) is 0 Å². The third kappa shape index (κ3) is 20.9. The van der Waals surface area contributed by atoms with Crippen LogP contribution in [0.1, 0.15) is 107 Å². The largest absolute Gasteiger partial charge is 0.466 e. The molecule has 2 fully saturated rings. The second kappa shape index (κ2) is 38.6. The van der Waals surface area contributed by atoms with E-state index in [1.54, 1.807) is 55.5 Å². The van der Waals surface area contributed by atoms with E-state index in [9.17, 15) is 19.2 Å². The zero-order valence-corrected chi connectivity index (χ0v) is 62.5. The van der Waals surface area contributed by atoms with Crippen molar-refractivity contribution in [2.45, 2.75) is 98.6 Å². The molecule has 0 bridgehead atoms. The Labute approximate surface area is 615 Å². The number of carbonyl (C=O) groups excluding carboxylic acids is 4. The zero-order valence-electron chi connectivity index (χ0n) is 59.4. The van der Waals surface area contributed by atoms with E-state index in [0.717, 1.165) is 156 Å². The quantitative estimate of drug-likeness (QED) is 0.0362. The number of hydrogen-bond acceptors (Lipinski definition) is 14. The van der Waals surface area contributed by atoms with Crippen LogP contribution in [0.2, 0.25) is 0 Å².